The predicted molar refractivity (Wildman–Crippen MR) is 128 cm³/mol. The molecule has 0 atom stereocenters. The minimum atomic E-state index is -0.0414. The van der Waals surface area contributed by atoms with E-state index in [1.807, 2.05) is 0 Å². The first-order valence-electron chi connectivity index (χ1n) is 11.5. The number of para-hydroxylation sites is 1. The van der Waals surface area contributed by atoms with Crippen LogP contribution in [-0.4, -0.2) is 47.0 Å². The molecule has 3 nitrogen and oxygen atoms in total. The van der Waals surface area contributed by atoms with Crippen LogP contribution in [0, 0.1) is 0 Å². The lowest BCUT2D eigenvalue weighted by Crippen LogP contribution is -2.50. The summed E-state index contributed by atoms with van der Waals surface area (Å²) in [5.74, 6) is 0. The van der Waals surface area contributed by atoms with E-state index in [4.69, 9.17) is 4.98 Å². The van der Waals surface area contributed by atoms with E-state index in [1.165, 1.54) is 29.4 Å². The highest BCUT2D eigenvalue weighted by Crippen LogP contribution is 2.37. The molecule has 158 valence electrons. The third-order valence-corrected chi connectivity index (χ3v) is 7.03. The van der Waals surface area contributed by atoms with Crippen molar-refractivity contribution in [3.8, 4) is 11.3 Å². The molecule has 2 heterocycles. The zero-order valence-electron chi connectivity index (χ0n) is 18.9. The van der Waals surface area contributed by atoms with Crippen molar-refractivity contribution in [3.05, 3.63) is 66.2 Å². The van der Waals surface area contributed by atoms with Gasteiger partial charge in [0.25, 0.3) is 0 Å². The Hall–Kier alpha value is -2.23. The molecule has 2 aromatic carbocycles. The fourth-order valence-corrected chi connectivity index (χ4v) is 5.14. The number of fused-ring (bicyclic) bond motifs is 1. The largest absolute Gasteiger partial charge is 0.301 e. The molecule has 0 bridgehead atoms. The number of hydrogen-bond donors (Lipinski definition) is 0. The Morgan fingerprint density at radius 3 is 2.23 bits per heavy atom. The first kappa shape index (κ1) is 21.0. The Bertz CT molecular complexity index is 968. The summed E-state index contributed by atoms with van der Waals surface area (Å²) >= 11 is 0. The molecular formula is C27H35N3. The highest BCUT2D eigenvalue weighted by Gasteiger charge is 2.34. The van der Waals surface area contributed by atoms with Gasteiger partial charge < -0.3 is 4.90 Å². The second kappa shape index (κ2) is 8.87. The summed E-state index contributed by atoms with van der Waals surface area (Å²) in [6, 6.07) is 22.2. The quantitative estimate of drug-likeness (QED) is 0.509. The average molecular weight is 402 g/mol. The maximum absolute atomic E-state index is 5.00. The standard InChI is InChI=1S/C27H35N3/c1-5-29(6-2)22-16-18-30(19-17-22)27(3,4)24-20-26(21-12-8-7-9-13-21)28-25-15-11-10-14-23(24)25/h7-15,20,22H,5-6,16-19H2,1-4H3. The molecule has 1 aliphatic rings. The molecule has 30 heavy (non-hydrogen) atoms. The molecule has 4 rings (SSSR count). The highest BCUT2D eigenvalue weighted by atomic mass is 15.2. The topological polar surface area (TPSA) is 19.4 Å². The van der Waals surface area contributed by atoms with Crippen molar-refractivity contribution in [2.45, 2.75) is 52.1 Å². The third-order valence-electron chi connectivity index (χ3n) is 7.03. The zero-order valence-corrected chi connectivity index (χ0v) is 18.9. The molecular weight excluding hydrogens is 366 g/mol. The van der Waals surface area contributed by atoms with Gasteiger partial charge in [0.1, 0.15) is 0 Å². The summed E-state index contributed by atoms with van der Waals surface area (Å²) in [7, 11) is 0. The van der Waals surface area contributed by atoms with Crippen LogP contribution in [-0.2, 0) is 5.54 Å². The molecule has 0 spiro atoms. The number of likely N-dealkylation sites (tertiary alicyclic amines) is 1. The molecule has 3 aromatic rings. The minimum absolute atomic E-state index is 0.0414. The van der Waals surface area contributed by atoms with Gasteiger partial charge in [-0.05, 0) is 57.5 Å². The van der Waals surface area contributed by atoms with Gasteiger partial charge in [0.15, 0.2) is 0 Å². The lowest BCUT2D eigenvalue weighted by Gasteiger charge is -2.45. The Morgan fingerprint density at radius 2 is 1.57 bits per heavy atom. The van der Waals surface area contributed by atoms with E-state index in [0.717, 1.165) is 43.4 Å². The van der Waals surface area contributed by atoms with Crippen molar-refractivity contribution in [2.24, 2.45) is 0 Å². The van der Waals surface area contributed by atoms with E-state index in [2.05, 4.69) is 98.2 Å². The van der Waals surface area contributed by atoms with Gasteiger partial charge in [-0.3, -0.25) is 4.90 Å². The van der Waals surface area contributed by atoms with Gasteiger partial charge in [0.05, 0.1) is 11.2 Å². The molecule has 0 N–H and O–H groups in total. The molecule has 0 amide bonds. The van der Waals surface area contributed by atoms with Gasteiger partial charge in [-0.15, -0.1) is 0 Å². The van der Waals surface area contributed by atoms with Crippen LogP contribution in [0.25, 0.3) is 22.2 Å². The maximum Gasteiger partial charge on any atom is 0.0713 e. The lowest BCUT2D eigenvalue weighted by atomic mass is 9.86. The second-order valence-corrected chi connectivity index (χ2v) is 8.94. The van der Waals surface area contributed by atoms with Crippen LogP contribution in [0.15, 0.2) is 60.7 Å². The summed E-state index contributed by atoms with van der Waals surface area (Å²) in [4.78, 5) is 10.3. The van der Waals surface area contributed by atoms with Crippen molar-refractivity contribution in [3.63, 3.8) is 0 Å². The fraction of sp³-hybridized carbons (Fsp3) is 0.444. The van der Waals surface area contributed by atoms with Crippen LogP contribution in [0.3, 0.4) is 0 Å². The average Bonchev–Trinajstić information content (AvgIpc) is 2.80. The third kappa shape index (κ3) is 4.01. The van der Waals surface area contributed by atoms with Gasteiger partial charge in [0, 0.05) is 35.6 Å². The van der Waals surface area contributed by atoms with Crippen molar-refractivity contribution < 1.29 is 0 Å². The summed E-state index contributed by atoms with van der Waals surface area (Å²) in [6.07, 6.45) is 2.50. The molecule has 3 heteroatoms. The smallest absolute Gasteiger partial charge is 0.0713 e. The van der Waals surface area contributed by atoms with Gasteiger partial charge in [-0.25, -0.2) is 4.98 Å². The van der Waals surface area contributed by atoms with Crippen molar-refractivity contribution in [1.29, 1.82) is 0 Å². The van der Waals surface area contributed by atoms with Crippen LogP contribution >= 0.6 is 0 Å². The van der Waals surface area contributed by atoms with Gasteiger partial charge in [0.2, 0.25) is 0 Å². The highest BCUT2D eigenvalue weighted by molar-refractivity contribution is 5.86. The van der Waals surface area contributed by atoms with Crippen molar-refractivity contribution in [1.82, 2.24) is 14.8 Å². The van der Waals surface area contributed by atoms with Crippen molar-refractivity contribution >= 4 is 10.9 Å². The van der Waals surface area contributed by atoms with Crippen LogP contribution in [0.4, 0.5) is 0 Å². The van der Waals surface area contributed by atoms with E-state index in [1.54, 1.807) is 0 Å². The van der Waals surface area contributed by atoms with Gasteiger partial charge in [-0.1, -0.05) is 62.4 Å². The Morgan fingerprint density at radius 1 is 0.933 bits per heavy atom. The lowest BCUT2D eigenvalue weighted by molar-refractivity contribution is 0.0502. The first-order valence-corrected chi connectivity index (χ1v) is 11.5. The molecule has 0 saturated carbocycles. The van der Waals surface area contributed by atoms with E-state index in [0.29, 0.717) is 0 Å². The minimum Gasteiger partial charge on any atom is -0.301 e. The van der Waals surface area contributed by atoms with E-state index in [-0.39, 0.29) is 5.54 Å². The maximum atomic E-state index is 5.00. The van der Waals surface area contributed by atoms with Crippen LogP contribution in [0.1, 0.15) is 46.1 Å². The summed E-state index contributed by atoms with van der Waals surface area (Å²) in [5.41, 5.74) is 4.67. The molecule has 1 aromatic heterocycles. The van der Waals surface area contributed by atoms with E-state index < -0.39 is 0 Å². The SMILES string of the molecule is CCN(CC)C1CCN(C(C)(C)c2cc(-c3ccccc3)nc3ccccc23)CC1. The predicted octanol–water partition coefficient (Wildman–Crippen LogP) is 5.94. The molecule has 0 aliphatic carbocycles. The van der Waals surface area contributed by atoms with Crippen LogP contribution in [0.2, 0.25) is 0 Å². The number of hydrogen-bond acceptors (Lipinski definition) is 3. The number of aromatic nitrogens is 1. The number of rotatable bonds is 6. The molecule has 1 saturated heterocycles. The van der Waals surface area contributed by atoms with Gasteiger partial charge >= 0.3 is 0 Å². The fourth-order valence-electron chi connectivity index (χ4n) is 5.14. The Kier molecular flexibility index (Phi) is 6.21. The number of nitrogens with zero attached hydrogens (tertiary/aromatic N) is 3. The summed E-state index contributed by atoms with van der Waals surface area (Å²) in [5, 5.41) is 1.27. The second-order valence-electron chi connectivity index (χ2n) is 8.94. The Labute approximate surface area is 181 Å². The molecule has 1 aliphatic heterocycles. The Balaban J connectivity index is 1.69. The van der Waals surface area contributed by atoms with Crippen LogP contribution in [0.5, 0.6) is 0 Å². The number of piperidine rings is 1. The summed E-state index contributed by atoms with van der Waals surface area (Å²) in [6.45, 7) is 13.9. The van der Waals surface area contributed by atoms with Crippen molar-refractivity contribution in [2.75, 3.05) is 26.2 Å². The zero-order chi connectivity index (χ0) is 21.1. The van der Waals surface area contributed by atoms with Crippen LogP contribution < -0.4 is 0 Å². The monoisotopic (exact) mass is 401 g/mol. The molecule has 1 fully saturated rings. The van der Waals surface area contributed by atoms with Gasteiger partial charge in [-0.2, -0.15) is 0 Å². The number of benzene rings is 2. The van der Waals surface area contributed by atoms with E-state index >= 15 is 0 Å². The molecule has 0 unspecified atom stereocenters. The first-order chi connectivity index (χ1) is 14.5. The van der Waals surface area contributed by atoms with E-state index in [9.17, 15) is 0 Å². The molecule has 0 radical (unpaired) electrons. The number of pyridine rings is 1. The summed E-state index contributed by atoms with van der Waals surface area (Å²) < 4.78 is 0. The normalized spacial score (nSPS) is 16.4.